The van der Waals surface area contributed by atoms with Gasteiger partial charge < -0.3 is 0 Å². The fourth-order valence-corrected chi connectivity index (χ4v) is 6.61. The molecule has 116 valence electrons. The zero-order chi connectivity index (χ0) is 14.8. The first-order valence-electron chi connectivity index (χ1n) is 9.18. The lowest BCUT2D eigenvalue weighted by atomic mass is 9.47. The van der Waals surface area contributed by atoms with Crippen molar-refractivity contribution in [3.8, 4) is 0 Å². The largest absolute Gasteiger partial charge is 0.299 e. The molecule has 4 rings (SSSR count). The van der Waals surface area contributed by atoms with Crippen LogP contribution < -0.4 is 0 Å². The smallest absolute Gasteiger partial charge is 0.139 e. The van der Waals surface area contributed by atoms with Crippen molar-refractivity contribution in [1.82, 2.24) is 0 Å². The topological polar surface area (TPSA) is 17.1 Å². The van der Waals surface area contributed by atoms with Gasteiger partial charge in [-0.25, -0.2) is 0 Å². The van der Waals surface area contributed by atoms with Gasteiger partial charge in [0, 0.05) is 11.8 Å². The molecule has 4 aliphatic rings. The fraction of sp³-hybridized carbons (Fsp3) is 0.850. The third-order valence-corrected chi connectivity index (χ3v) is 8.06. The van der Waals surface area contributed by atoms with Gasteiger partial charge in [0.1, 0.15) is 5.78 Å². The second-order valence-corrected chi connectivity index (χ2v) is 9.03. The molecule has 0 N–H and O–H groups in total. The lowest BCUT2D eigenvalue weighted by Crippen LogP contribution is -2.50. The zero-order valence-electron chi connectivity index (χ0n) is 14.0. The van der Waals surface area contributed by atoms with Crippen LogP contribution in [0.2, 0.25) is 0 Å². The number of hydrogen-bond acceptors (Lipinski definition) is 1. The van der Waals surface area contributed by atoms with Gasteiger partial charge in [-0.2, -0.15) is 0 Å². The van der Waals surface area contributed by atoms with E-state index >= 15 is 0 Å². The Morgan fingerprint density at radius 2 is 1.76 bits per heavy atom. The Balaban J connectivity index is 1.69. The summed E-state index contributed by atoms with van der Waals surface area (Å²) in [6, 6.07) is 0. The Hall–Kier alpha value is -0.590. The third kappa shape index (κ3) is 1.79. The molecule has 0 aliphatic heterocycles. The van der Waals surface area contributed by atoms with Crippen molar-refractivity contribution in [2.45, 2.75) is 72.1 Å². The number of rotatable bonds is 0. The number of carbonyl (C=O) groups is 1. The van der Waals surface area contributed by atoms with E-state index < -0.39 is 0 Å². The standard InChI is InChI=1S/C20H30O/c1-13-8-10-19(2)14(12-13)4-5-15-16-6-7-18(21)20(16,3)11-9-17(15)19/h4,13,15-17H,5-12H2,1-3H3/t13-,15-,16-,17-,19-,20-/m0/s1. The summed E-state index contributed by atoms with van der Waals surface area (Å²) in [5.41, 5.74) is 2.27. The van der Waals surface area contributed by atoms with E-state index in [2.05, 4.69) is 26.8 Å². The van der Waals surface area contributed by atoms with Crippen molar-refractivity contribution in [3.05, 3.63) is 11.6 Å². The monoisotopic (exact) mass is 286 g/mol. The molecule has 4 aliphatic carbocycles. The summed E-state index contributed by atoms with van der Waals surface area (Å²) in [6.07, 6.45) is 12.5. The third-order valence-electron chi connectivity index (χ3n) is 8.06. The first-order chi connectivity index (χ1) is 9.95. The van der Waals surface area contributed by atoms with E-state index in [4.69, 9.17) is 0 Å². The van der Waals surface area contributed by atoms with E-state index in [0.29, 0.717) is 17.1 Å². The molecular formula is C20H30O. The van der Waals surface area contributed by atoms with Gasteiger partial charge in [0.25, 0.3) is 0 Å². The van der Waals surface area contributed by atoms with Gasteiger partial charge >= 0.3 is 0 Å². The van der Waals surface area contributed by atoms with E-state index in [-0.39, 0.29) is 5.41 Å². The van der Waals surface area contributed by atoms with Crippen molar-refractivity contribution in [1.29, 1.82) is 0 Å². The van der Waals surface area contributed by atoms with Gasteiger partial charge in [0.05, 0.1) is 0 Å². The molecular weight excluding hydrogens is 256 g/mol. The van der Waals surface area contributed by atoms with Crippen LogP contribution in [-0.2, 0) is 4.79 Å². The van der Waals surface area contributed by atoms with Gasteiger partial charge in [-0.3, -0.25) is 4.79 Å². The Labute approximate surface area is 129 Å². The molecule has 0 spiro atoms. The van der Waals surface area contributed by atoms with Crippen LogP contribution >= 0.6 is 0 Å². The van der Waals surface area contributed by atoms with Crippen LogP contribution in [0.5, 0.6) is 0 Å². The van der Waals surface area contributed by atoms with E-state index in [9.17, 15) is 4.79 Å². The van der Waals surface area contributed by atoms with E-state index in [0.717, 1.165) is 30.6 Å². The summed E-state index contributed by atoms with van der Waals surface area (Å²) in [7, 11) is 0. The summed E-state index contributed by atoms with van der Waals surface area (Å²) in [6.45, 7) is 7.26. The maximum absolute atomic E-state index is 12.4. The van der Waals surface area contributed by atoms with Crippen LogP contribution in [0.4, 0.5) is 0 Å². The van der Waals surface area contributed by atoms with Crippen LogP contribution in [0.25, 0.3) is 0 Å². The van der Waals surface area contributed by atoms with Gasteiger partial charge in [-0.15, -0.1) is 0 Å². The first kappa shape index (κ1) is 14.0. The van der Waals surface area contributed by atoms with Crippen molar-refractivity contribution < 1.29 is 4.79 Å². The van der Waals surface area contributed by atoms with Crippen molar-refractivity contribution in [2.75, 3.05) is 0 Å². The van der Waals surface area contributed by atoms with E-state index in [1.165, 1.54) is 38.5 Å². The molecule has 0 aromatic carbocycles. The average Bonchev–Trinajstić information content (AvgIpc) is 2.76. The zero-order valence-corrected chi connectivity index (χ0v) is 14.0. The fourth-order valence-electron chi connectivity index (χ4n) is 6.61. The highest BCUT2D eigenvalue weighted by Gasteiger charge is 2.58. The Morgan fingerprint density at radius 1 is 1.05 bits per heavy atom. The first-order valence-corrected chi connectivity index (χ1v) is 9.18. The summed E-state index contributed by atoms with van der Waals surface area (Å²) in [5.74, 6) is 3.77. The lowest BCUT2D eigenvalue weighted by molar-refractivity contribution is -0.131. The highest BCUT2D eigenvalue weighted by Crippen LogP contribution is 2.64. The van der Waals surface area contributed by atoms with Crippen molar-refractivity contribution in [3.63, 3.8) is 0 Å². The second kappa shape index (κ2) is 4.46. The van der Waals surface area contributed by atoms with Gasteiger partial charge in [0.15, 0.2) is 0 Å². The summed E-state index contributed by atoms with van der Waals surface area (Å²) >= 11 is 0. The molecule has 0 unspecified atom stereocenters. The molecule has 3 saturated carbocycles. The molecule has 0 radical (unpaired) electrons. The maximum Gasteiger partial charge on any atom is 0.139 e. The molecule has 3 fully saturated rings. The van der Waals surface area contributed by atoms with Crippen LogP contribution in [0.1, 0.15) is 72.1 Å². The molecule has 21 heavy (non-hydrogen) atoms. The molecule has 0 bridgehead atoms. The normalized spacial score (nSPS) is 52.7. The minimum absolute atomic E-state index is 0.0326. The average molecular weight is 286 g/mol. The predicted molar refractivity (Wildman–Crippen MR) is 85.9 cm³/mol. The van der Waals surface area contributed by atoms with Crippen LogP contribution in [0.3, 0.4) is 0 Å². The molecule has 1 nitrogen and oxygen atoms in total. The summed E-state index contributed by atoms with van der Waals surface area (Å²) in [4.78, 5) is 12.4. The Morgan fingerprint density at radius 3 is 2.57 bits per heavy atom. The van der Waals surface area contributed by atoms with Gasteiger partial charge in [-0.05, 0) is 74.0 Å². The number of fused-ring (bicyclic) bond motifs is 5. The quantitative estimate of drug-likeness (QED) is 0.562. The maximum atomic E-state index is 12.4. The minimum atomic E-state index is 0.0326. The molecule has 0 saturated heterocycles. The van der Waals surface area contributed by atoms with Crippen LogP contribution in [0.15, 0.2) is 11.6 Å². The number of Topliss-reactive ketones (excluding diaryl/α,β-unsaturated/α-hetero) is 1. The number of allylic oxidation sites excluding steroid dienone is 2. The predicted octanol–water partition coefficient (Wildman–Crippen LogP) is 5.15. The highest BCUT2D eigenvalue weighted by molar-refractivity contribution is 5.87. The van der Waals surface area contributed by atoms with Crippen molar-refractivity contribution >= 4 is 5.78 Å². The number of carbonyl (C=O) groups excluding carboxylic acids is 1. The number of hydrogen-bond donors (Lipinski definition) is 0. The minimum Gasteiger partial charge on any atom is -0.299 e. The highest BCUT2D eigenvalue weighted by atomic mass is 16.1. The summed E-state index contributed by atoms with van der Waals surface area (Å²) < 4.78 is 0. The Bertz CT molecular complexity index is 504. The van der Waals surface area contributed by atoms with Crippen LogP contribution in [-0.4, -0.2) is 5.78 Å². The Kier molecular flexibility index (Phi) is 2.98. The molecule has 0 amide bonds. The SMILES string of the molecule is C[C@H]1CC[C@@]2(C)C(=CC[C@@H]3[C@@H]2CC[C@]2(C)C(=O)CC[C@@H]32)C1. The molecule has 0 heterocycles. The molecule has 0 aromatic rings. The van der Waals surface area contributed by atoms with Crippen molar-refractivity contribution in [2.24, 2.45) is 34.5 Å². The van der Waals surface area contributed by atoms with Gasteiger partial charge in [-0.1, -0.05) is 32.4 Å². The van der Waals surface area contributed by atoms with Gasteiger partial charge in [0.2, 0.25) is 0 Å². The summed E-state index contributed by atoms with van der Waals surface area (Å²) in [5, 5.41) is 0. The lowest BCUT2D eigenvalue weighted by Gasteiger charge is -2.57. The molecule has 6 atom stereocenters. The number of ketones is 1. The molecule has 0 aromatic heterocycles. The van der Waals surface area contributed by atoms with E-state index in [1.807, 2.05) is 0 Å². The second-order valence-electron chi connectivity index (χ2n) is 9.03. The van der Waals surface area contributed by atoms with E-state index in [1.54, 1.807) is 5.57 Å². The molecule has 1 heteroatoms. The van der Waals surface area contributed by atoms with Crippen LogP contribution in [0, 0.1) is 34.5 Å².